The Balaban J connectivity index is 2.10. The van der Waals surface area contributed by atoms with E-state index in [9.17, 15) is 4.79 Å². The fourth-order valence-corrected chi connectivity index (χ4v) is 3.03. The molecule has 0 saturated carbocycles. The van der Waals surface area contributed by atoms with Gasteiger partial charge in [-0.2, -0.15) is 0 Å². The third-order valence-corrected chi connectivity index (χ3v) is 4.38. The van der Waals surface area contributed by atoms with E-state index in [1.54, 1.807) is 0 Å². The van der Waals surface area contributed by atoms with Crippen molar-refractivity contribution in [2.45, 2.75) is 66.2 Å². The highest BCUT2D eigenvalue weighted by Crippen LogP contribution is 2.28. The molecule has 3 heteroatoms. The molecular weight excluding hydrogens is 272 g/mol. The Kier molecular flexibility index (Phi) is 5.64. The minimum absolute atomic E-state index is 0.0516. The summed E-state index contributed by atoms with van der Waals surface area (Å²) >= 11 is 0. The Morgan fingerprint density at radius 2 is 1.82 bits per heavy atom. The third kappa shape index (κ3) is 3.90. The number of unbranched alkanes of at least 4 members (excludes halogenated alkanes) is 4. The molecule has 0 unspecified atom stereocenters. The molecule has 1 aliphatic rings. The molecule has 0 fully saturated rings. The van der Waals surface area contributed by atoms with E-state index in [1.165, 1.54) is 36.8 Å². The van der Waals surface area contributed by atoms with E-state index in [0.717, 1.165) is 35.5 Å². The van der Waals surface area contributed by atoms with E-state index in [4.69, 9.17) is 0 Å². The fourth-order valence-electron chi connectivity index (χ4n) is 3.03. The van der Waals surface area contributed by atoms with Crippen LogP contribution in [0.3, 0.4) is 0 Å². The molecule has 0 atom stereocenters. The number of hydrogen-bond acceptors (Lipinski definition) is 1. The van der Waals surface area contributed by atoms with E-state index in [1.807, 2.05) is 6.92 Å². The van der Waals surface area contributed by atoms with Crippen molar-refractivity contribution in [3.63, 3.8) is 0 Å². The molecule has 1 aromatic rings. The van der Waals surface area contributed by atoms with Crippen LogP contribution in [0.15, 0.2) is 22.9 Å². The van der Waals surface area contributed by atoms with Gasteiger partial charge >= 0.3 is 0 Å². The summed E-state index contributed by atoms with van der Waals surface area (Å²) in [5.41, 5.74) is 6.49. The van der Waals surface area contributed by atoms with Crippen molar-refractivity contribution < 1.29 is 4.79 Å². The Labute approximate surface area is 133 Å². The number of carbonyl (C=O) groups is 1. The molecule has 2 N–H and O–H groups in total. The number of amides is 1. The van der Waals surface area contributed by atoms with Crippen LogP contribution < -0.4 is 5.32 Å². The Hall–Kier alpha value is -1.77. The summed E-state index contributed by atoms with van der Waals surface area (Å²) in [4.78, 5) is 15.3. The van der Waals surface area contributed by atoms with Crippen molar-refractivity contribution in [3.05, 3.63) is 39.9 Å². The lowest BCUT2D eigenvalue weighted by Gasteiger charge is -2.06. The molecule has 3 nitrogen and oxygen atoms in total. The predicted molar refractivity (Wildman–Crippen MR) is 92.5 cm³/mol. The first kappa shape index (κ1) is 16.6. The number of nitrogens with one attached hydrogen (secondary N) is 2. The molecule has 120 valence electrons. The molecule has 0 aliphatic carbocycles. The molecule has 0 spiro atoms. The number of aromatic nitrogens is 1. The monoisotopic (exact) mass is 300 g/mol. The van der Waals surface area contributed by atoms with Gasteiger partial charge in [0.15, 0.2) is 0 Å². The molecule has 1 aliphatic heterocycles. The van der Waals surface area contributed by atoms with E-state index < -0.39 is 0 Å². The zero-order valence-corrected chi connectivity index (χ0v) is 14.3. The van der Waals surface area contributed by atoms with Gasteiger partial charge in [-0.05, 0) is 56.9 Å². The lowest BCUT2D eigenvalue weighted by Crippen LogP contribution is -2.15. The topological polar surface area (TPSA) is 44.9 Å². The lowest BCUT2D eigenvalue weighted by molar-refractivity contribution is -0.116. The van der Waals surface area contributed by atoms with Gasteiger partial charge in [-0.15, -0.1) is 0 Å². The zero-order valence-electron chi connectivity index (χ0n) is 14.3. The quantitative estimate of drug-likeness (QED) is 0.699. The highest BCUT2D eigenvalue weighted by Gasteiger charge is 2.23. The summed E-state index contributed by atoms with van der Waals surface area (Å²) in [6, 6.07) is 2.13. The average Bonchev–Trinajstić information content (AvgIpc) is 2.92. The molecule has 0 saturated heterocycles. The van der Waals surface area contributed by atoms with Crippen molar-refractivity contribution in [1.82, 2.24) is 10.3 Å². The zero-order chi connectivity index (χ0) is 16.1. The van der Waals surface area contributed by atoms with Crippen LogP contribution in [-0.4, -0.2) is 10.9 Å². The number of H-pyrrole nitrogens is 1. The first-order chi connectivity index (χ1) is 10.5. The number of aryl methyl sites for hydroxylation is 2. The van der Waals surface area contributed by atoms with E-state index in [-0.39, 0.29) is 5.91 Å². The Morgan fingerprint density at radius 3 is 2.45 bits per heavy atom. The first-order valence-electron chi connectivity index (χ1n) is 8.42. The van der Waals surface area contributed by atoms with E-state index >= 15 is 0 Å². The van der Waals surface area contributed by atoms with Crippen LogP contribution in [0.2, 0.25) is 0 Å². The number of aromatic amines is 1. The highest BCUT2D eigenvalue weighted by molar-refractivity contribution is 6.00. The smallest absolute Gasteiger partial charge is 0.251 e. The first-order valence-corrected chi connectivity index (χ1v) is 8.42. The maximum atomic E-state index is 12.0. The van der Waals surface area contributed by atoms with Crippen LogP contribution in [-0.2, 0) is 4.79 Å². The largest absolute Gasteiger partial charge is 0.359 e. The van der Waals surface area contributed by atoms with Gasteiger partial charge < -0.3 is 10.3 Å². The van der Waals surface area contributed by atoms with Gasteiger partial charge in [-0.25, -0.2) is 0 Å². The minimum Gasteiger partial charge on any atom is -0.359 e. The van der Waals surface area contributed by atoms with Gasteiger partial charge in [-0.3, -0.25) is 4.79 Å². The maximum Gasteiger partial charge on any atom is 0.251 e. The summed E-state index contributed by atoms with van der Waals surface area (Å²) in [5.74, 6) is 0.0516. The minimum atomic E-state index is 0.0516. The van der Waals surface area contributed by atoms with Gasteiger partial charge in [-0.1, -0.05) is 32.6 Å². The normalized spacial score (nSPS) is 16.7. The fraction of sp³-hybridized carbons (Fsp3) is 0.526. The predicted octanol–water partition coefficient (Wildman–Crippen LogP) is 4.78. The van der Waals surface area contributed by atoms with Crippen molar-refractivity contribution >= 4 is 12.0 Å². The Bertz CT molecular complexity index is 605. The van der Waals surface area contributed by atoms with Gasteiger partial charge in [0.25, 0.3) is 5.91 Å². The van der Waals surface area contributed by atoms with Crippen LogP contribution in [0.25, 0.3) is 6.08 Å². The van der Waals surface area contributed by atoms with Crippen LogP contribution in [0.4, 0.5) is 0 Å². The summed E-state index contributed by atoms with van der Waals surface area (Å²) in [7, 11) is 0. The SMILES string of the molecule is CCCCCCCC1=C(C)C(=O)N/C1=C\c1[nH]c(C)cc1C. The second kappa shape index (κ2) is 7.48. The molecule has 0 aromatic carbocycles. The second-order valence-corrected chi connectivity index (χ2v) is 6.33. The Morgan fingerprint density at radius 1 is 1.09 bits per heavy atom. The third-order valence-electron chi connectivity index (χ3n) is 4.38. The second-order valence-electron chi connectivity index (χ2n) is 6.33. The molecule has 22 heavy (non-hydrogen) atoms. The summed E-state index contributed by atoms with van der Waals surface area (Å²) in [6.45, 7) is 8.31. The summed E-state index contributed by atoms with van der Waals surface area (Å²) < 4.78 is 0. The van der Waals surface area contributed by atoms with Crippen molar-refractivity contribution in [3.8, 4) is 0 Å². The number of rotatable bonds is 7. The molecule has 1 amide bonds. The van der Waals surface area contributed by atoms with Crippen LogP contribution in [0, 0.1) is 13.8 Å². The molecule has 1 aromatic heterocycles. The van der Waals surface area contributed by atoms with Crippen LogP contribution in [0.1, 0.15) is 69.3 Å². The molecule has 0 bridgehead atoms. The number of hydrogen-bond donors (Lipinski definition) is 2. The molecule has 2 heterocycles. The lowest BCUT2D eigenvalue weighted by atomic mass is 10.0. The van der Waals surface area contributed by atoms with Crippen molar-refractivity contribution in [2.75, 3.05) is 0 Å². The molecule has 2 rings (SSSR count). The summed E-state index contributed by atoms with van der Waals surface area (Å²) in [5, 5.41) is 3.02. The van der Waals surface area contributed by atoms with Gasteiger partial charge in [0.2, 0.25) is 0 Å². The van der Waals surface area contributed by atoms with E-state index in [2.05, 4.69) is 43.2 Å². The maximum absolute atomic E-state index is 12.0. The number of allylic oxidation sites excluding steroid dienone is 1. The molecule has 0 radical (unpaired) electrons. The van der Waals surface area contributed by atoms with Crippen molar-refractivity contribution in [2.24, 2.45) is 0 Å². The van der Waals surface area contributed by atoms with Gasteiger partial charge in [0, 0.05) is 22.7 Å². The van der Waals surface area contributed by atoms with Crippen LogP contribution >= 0.6 is 0 Å². The average molecular weight is 300 g/mol. The van der Waals surface area contributed by atoms with Crippen LogP contribution in [0.5, 0.6) is 0 Å². The van der Waals surface area contributed by atoms with Gasteiger partial charge in [0.05, 0.1) is 0 Å². The van der Waals surface area contributed by atoms with E-state index in [0.29, 0.717) is 0 Å². The highest BCUT2D eigenvalue weighted by atomic mass is 16.1. The standard InChI is InChI=1S/C19H28N2O/c1-5-6-7-8-9-10-16-15(4)19(22)21-18(16)12-17-13(2)11-14(3)20-17/h11-12,20H,5-10H2,1-4H3,(H,21,22)/b18-12-. The summed E-state index contributed by atoms with van der Waals surface area (Å²) in [6.07, 6.45) is 9.32. The van der Waals surface area contributed by atoms with Crippen molar-refractivity contribution in [1.29, 1.82) is 0 Å². The number of carbonyl (C=O) groups excluding carboxylic acids is 1. The molecular formula is C19H28N2O. The van der Waals surface area contributed by atoms with Gasteiger partial charge in [0.1, 0.15) is 0 Å².